The van der Waals surface area contributed by atoms with Crippen LogP contribution in [0.5, 0.6) is 0 Å². The summed E-state index contributed by atoms with van der Waals surface area (Å²) in [5.41, 5.74) is 2.35. The standard InChI is InChI=1S/C15H14ClN3O/c16-14-6-10-9(12-7-15(20)18-12)2-3-13(11(10)8-17-14)19-4-1-5-19/h2-3,6,8,12H,1,4-5,7H2,(H,18,20). The molecule has 5 heteroatoms. The molecule has 4 rings (SSSR count). The van der Waals surface area contributed by atoms with Gasteiger partial charge in [-0.25, -0.2) is 4.98 Å². The van der Waals surface area contributed by atoms with Crippen molar-refractivity contribution in [1.82, 2.24) is 10.3 Å². The summed E-state index contributed by atoms with van der Waals surface area (Å²) >= 11 is 6.05. The second kappa shape index (κ2) is 4.35. The third-order valence-electron chi connectivity index (χ3n) is 4.18. The van der Waals surface area contributed by atoms with Crippen molar-refractivity contribution in [2.45, 2.75) is 18.9 Å². The Labute approximate surface area is 121 Å². The van der Waals surface area contributed by atoms with Gasteiger partial charge in [-0.3, -0.25) is 4.79 Å². The van der Waals surface area contributed by atoms with E-state index in [0.29, 0.717) is 11.6 Å². The van der Waals surface area contributed by atoms with Gasteiger partial charge in [0.05, 0.1) is 12.5 Å². The quantitative estimate of drug-likeness (QED) is 0.682. The molecule has 1 aromatic carbocycles. The number of halogens is 1. The lowest BCUT2D eigenvalue weighted by molar-refractivity contribution is -0.128. The number of aromatic nitrogens is 1. The maximum atomic E-state index is 11.2. The van der Waals surface area contributed by atoms with Gasteiger partial charge in [-0.05, 0) is 29.5 Å². The van der Waals surface area contributed by atoms with Gasteiger partial charge < -0.3 is 10.2 Å². The SMILES string of the molecule is O=C1CC(c2ccc(N3CCC3)c3cnc(Cl)cc23)N1. The van der Waals surface area contributed by atoms with Crippen LogP contribution in [0.3, 0.4) is 0 Å². The van der Waals surface area contributed by atoms with Crippen LogP contribution in [0.15, 0.2) is 24.4 Å². The molecule has 0 bridgehead atoms. The number of hydrogen-bond acceptors (Lipinski definition) is 3. The van der Waals surface area contributed by atoms with Gasteiger partial charge in [0.25, 0.3) is 0 Å². The first-order valence-electron chi connectivity index (χ1n) is 6.85. The molecule has 20 heavy (non-hydrogen) atoms. The molecule has 4 nitrogen and oxygen atoms in total. The lowest BCUT2D eigenvalue weighted by Gasteiger charge is -2.35. The van der Waals surface area contributed by atoms with Gasteiger partial charge in [-0.1, -0.05) is 17.7 Å². The number of amides is 1. The fourth-order valence-electron chi connectivity index (χ4n) is 2.90. The van der Waals surface area contributed by atoms with Crippen molar-refractivity contribution in [3.8, 4) is 0 Å². The smallest absolute Gasteiger partial charge is 0.222 e. The average Bonchev–Trinajstić information content (AvgIpc) is 2.33. The molecule has 1 N–H and O–H groups in total. The van der Waals surface area contributed by atoms with Gasteiger partial charge in [0.15, 0.2) is 0 Å². The maximum Gasteiger partial charge on any atom is 0.222 e. The Bertz CT molecular complexity index is 704. The zero-order valence-electron chi connectivity index (χ0n) is 10.9. The maximum absolute atomic E-state index is 11.2. The minimum absolute atomic E-state index is 0.105. The highest BCUT2D eigenvalue weighted by Crippen LogP contribution is 2.37. The number of benzene rings is 1. The topological polar surface area (TPSA) is 45.2 Å². The summed E-state index contributed by atoms with van der Waals surface area (Å²) in [4.78, 5) is 17.7. The van der Waals surface area contributed by atoms with E-state index >= 15 is 0 Å². The molecule has 2 saturated heterocycles. The van der Waals surface area contributed by atoms with E-state index in [0.717, 1.165) is 29.4 Å². The van der Waals surface area contributed by atoms with E-state index in [4.69, 9.17) is 11.6 Å². The summed E-state index contributed by atoms with van der Waals surface area (Å²) in [5, 5.41) is 5.64. The highest BCUT2D eigenvalue weighted by molar-refractivity contribution is 6.30. The molecule has 3 heterocycles. The van der Waals surface area contributed by atoms with Crippen molar-refractivity contribution >= 4 is 34.0 Å². The molecule has 0 saturated carbocycles. The van der Waals surface area contributed by atoms with Crippen molar-refractivity contribution in [1.29, 1.82) is 0 Å². The van der Waals surface area contributed by atoms with Crippen LogP contribution in [0, 0.1) is 0 Å². The molecule has 2 aliphatic heterocycles. The number of fused-ring (bicyclic) bond motifs is 1. The number of hydrogen-bond donors (Lipinski definition) is 1. The third-order valence-corrected chi connectivity index (χ3v) is 4.38. The van der Waals surface area contributed by atoms with Crippen LogP contribution in [-0.4, -0.2) is 24.0 Å². The predicted molar refractivity (Wildman–Crippen MR) is 79.1 cm³/mol. The number of anilines is 1. The Hall–Kier alpha value is -1.81. The Balaban J connectivity index is 1.88. The first kappa shape index (κ1) is 12.0. The van der Waals surface area contributed by atoms with Crippen LogP contribution < -0.4 is 10.2 Å². The highest BCUT2D eigenvalue weighted by Gasteiger charge is 2.29. The van der Waals surface area contributed by atoms with Gasteiger partial charge >= 0.3 is 0 Å². The molecule has 2 aromatic rings. The van der Waals surface area contributed by atoms with E-state index in [9.17, 15) is 4.79 Å². The summed E-state index contributed by atoms with van der Waals surface area (Å²) in [6, 6.07) is 6.25. The molecule has 1 atom stereocenters. The number of nitrogens with zero attached hydrogens (tertiary/aromatic N) is 2. The monoisotopic (exact) mass is 287 g/mol. The second-order valence-corrected chi connectivity index (χ2v) is 5.78. The average molecular weight is 288 g/mol. The minimum atomic E-state index is 0.105. The lowest BCUT2D eigenvalue weighted by atomic mass is 9.92. The molecule has 0 radical (unpaired) electrons. The van der Waals surface area contributed by atoms with Gasteiger partial charge in [0, 0.05) is 30.4 Å². The van der Waals surface area contributed by atoms with Gasteiger partial charge in [0.1, 0.15) is 5.15 Å². The van der Waals surface area contributed by atoms with Crippen molar-refractivity contribution in [2.24, 2.45) is 0 Å². The number of nitrogens with one attached hydrogen (secondary N) is 1. The molecule has 1 amide bonds. The first-order chi connectivity index (χ1) is 9.72. The Morgan fingerprint density at radius 3 is 2.75 bits per heavy atom. The highest BCUT2D eigenvalue weighted by atomic mass is 35.5. The van der Waals surface area contributed by atoms with Crippen molar-refractivity contribution in [3.63, 3.8) is 0 Å². The van der Waals surface area contributed by atoms with Crippen LogP contribution in [-0.2, 0) is 4.79 Å². The van der Waals surface area contributed by atoms with Gasteiger partial charge in [-0.2, -0.15) is 0 Å². The zero-order valence-corrected chi connectivity index (χ0v) is 11.7. The lowest BCUT2D eigenvalue weighted by Crippen LogP contribution is -2.41. The predicted octanol–water partition coefficient (Wildman–Crippen LogP) is 2.66. The van der Waals surface area contributed by atoms with E-state index in [1.807, 2.05) is 12.3 Å². The summed E-state index contributed by atoms with van der Waals surface area (Å²) in [5.74, 6) is 0.107. The van der Waals surface area contributed by atoms with Crippen LogP contribution in [0.25, 0.3) is 10.8 Å². The van der Waals surface area contributed by atoms with Crippen LogP contribution in [0.1, 0.15) is 24.4 Å². The largest absolute Gasteiger partial charge is 0.371 e. The number of carbonyl (C=O) groups excluding carboxylic acids is 1. The van der Waals surface area contributed by atoms with E-state index in [-0.39, 0.29) is 11.9 Å². The summed E-state index contributed by atoms with van der Waals surface area (Å²) in [6.07, 6.45) is 3.64. The summed E-state index contributed by atoms with van der Waals surface area (Å²) in [6.45, 7) is 2.19. The van der Waals surface area contributed by atoms with E-state index in [1.54, 1.807) is 0 Å². The number of carbonyl (C=O) groups is 1. The third kappa shape index (κ3) is 1.75. The van der Waals surface area contributed by atoms with Crippen LogP contribution in [0.2, 0.25) is 5.15 Å². The summed E-state index contributed by atoms with van der Waals surface area (Å²) < 4.78 is 0. The molecule has 0 spiro atoms. The van der Waals surface area contributed by atoms with Crippen LogP contribution >= 0.6 is 11.6 Å². The molecule has 0 aliphatic carbocycles. The second-order valence-electron chi connectivity index (χ2n) is 5.39. The molecule has 1 unspecified atom stereocenters. The Kier molecular flexibility index (Phi) is 2.60. The molecule has 2 fully saturated rings. The fraction of sp³-hybridized carbons (Fsp3) is 0.333. The first-order valence-corrected chi connectivity index (χ1v) is 7.22. The molecular weight excluding hydrogens is 274 g/mol. The molecule has 102 valence electrons. The zero-order chi connectivity index (χ0) is 13.7. The number of rotatable bonds is 2. The van der Waals surface area contributed by atoms with Crippen molar-refractivity contribution in [2.75, 3.05) is 18.0 Å². The van der Waals surface area contributed by atoms with Crippen molar-refractivity contribution < 1.29 is 4.79 Å². The summed E-state index contributed by atoms with van der Waals surface area (Å²) in [7, 11) is 0. The van der Waals surface area contributed by atoms with Crippen molar-refractivity contribution in [3.05, 3.63) is 35.1 Å². The molecular formula is C15H14ClN3O. The van der Waals surface area contributed by atoms with Crippen LogP contribution in [0.4, 0.5) is 5.69 Å². The fourth-order valence-corrected chi connectivity index (χ4v) is 3.06. The van der Waals surface area contributed by atoms with Gasteiger partial charge in [0.2, 0.25) is 5.91 Å². The Morgan fingerprint density at radius 1 is 1.30 bits per heavy atom. The van der Waals surface area contributed by atoms with Gasteiger partial charge in [-0.15, -0.1) is 0 Å². The number of pyridine rings is 1. The molecule has 1 aromatic heterocycles. The van der Waals surface area contributed by atoms with E-state index in [2.05, 4.69) is 27.3 Å². The van der Waals surface area contributed by atoms with E-state index in [1.165, 1.54) is 12.1 Å². The normalized spacial score (nSPS) is 21.4. The molecule has 2 aliphatic rings. The minimum Gasteiger partial charge on any atom is -0.371 e. The Morgan fingerprint density at radius 2 is 2.10 bits per heavy atom. The number of β-lactam (4-membered cyclic amide) rings is 1. The van der Waals surface area contributed by atoms with E-state index < -0.39 is 0 Å².